The summed E-state index contributed by atoms with van der Waals surface area (Å²) < 4.78 is 48.9. The zero-order chi connectivity index (χ0) is 20.9. The van der Waals surface area contributed by atoms with E-state index in [9.17, 15) is 18.0 Å². The van der Waals surface area contributed by atoms with Crippen LogP contribution < -0.4 is 14.8 Å². The van der Waals surface area contributed by atoms with Gasteiger partial charge in [0.15, 0.2) is 12.4 Å². The molecule has 152 valence electrons. The molecule has 3 aromatic rings. The smallest absolute Gasteiger partial charge is 0.419 e. The Labute approximate surface area is 163 Å². The maximum Gasteiger partial charge on any atom is 0.419 e. The Kier molecular flexibility index (Phi) is 6.01. The van der Waals surface area contributed by atoms with Crippen molar-refractivity contribution in [2.24, 2.45) is 0 Å². The van der Waals surface area contributed by atoms with E-state index >= 15 is 0 Å². The number of hydrogen-bond donors (Lipinski definition) is 2. The number of H-pyrrole nitrogens is 1. The number of carbonyl (C=O) groups is 1. The van der Waals surface area contributed by atoms with Gasteiger partial charge in [-0.2, -0.15) is 18.3 Å². The summed E-state index contributed by atoms with van der Waals surface area (Å²) in [4.78, 5) is 16.2. The third kappa shape index (κ3) is 5.24. The Morgan fingerprint density at radius 2 is 1.86 bits per heavy atom. The van der Waals surface area contributed by atoms with Gasteiger partial charge in [-0.15, -0.1) is 0 Å². The van der Waals surface area contributed by atoms with E-state index in [1.165, 1.54) is 12.1 Å². The van der Waals surface area contributed by atoms with Crippen LogP contribution in [-0.4, -0.2) is 34.8 Å². The van der Waals surface area contributed by atoms with Crippen molar-refractivity contribution in [1.29, 1.82) is 0 Å². The van der Waals surface area contributed by atoms with E-state index in [0.29, 0.717) is 17.4 Å². The second-order valence-corrected chi connectivity index (χ2v) is 5.89. The van der Waals surface area contributed by atoms with Crippen LogP contribution in [0.2, 0.25) is 0 Å². The second-order valence-electron chi connectivity index (χ2n) is 5.89. The Bertz CT molecular complexity index is 971. The number of hydrogen-bond acceptors (Lipinski definition) is 5. The van der Waals surface area contributed by atoms with E-state index in [-0.39, 0.29) is 6.54 Å². The molecule has 0 fully saturated rings. The Morgan fingerprint density at radius 1 is 1.14 bits per heavy atom. The van der Waals surface area contributed by atoms with Gasteiger partial charge in [0.25, 0.3) is 5.91 Å². The molecular weight excluding hydrogens is 389 g/mol. The molecule has 0 unspecified atom stereocenters. The van der Waals surface area contributed by atoms with E-state index in [4.69, 9.17) is 9.47 Å². The zero-order valence-corrected chi connectivity index (χ0v) is 15.3. The Morgan fingerprint density at radius 3 is 2.55 bits per heavy atom. The Hall–Kier alpha value is -3.56. The van der Waals surface area contributed by atoms with E-state index < -0.39 is 30.0 Å². The molecule has 2 N–H and O–H groups in total. The number of amides is 1. The van der Waals surface area contributed by atoms with Crippen LogP contribution in [0.25, 0.3) is 11.4 Å². The number of ether oxygens (including phenoxy) is 2. The molecule has 0 radical (unpaired) electrons. The highest BCUT2D eigenvalue weighted by molar-refractivity contribution is 5.77. The van der Waals surface area contributed by atoms with Crippen LogP contribution in [-0.2, 0) is 17.5 Å². The molecule has 0 atom stereocenters. The van der Waals surface area contributed by atoms with Crippen molar-refractivity contribution >= 4 is 5.91 Å². The van der Waals surface area contributed by atoms with Gasteiger partial charge in [0.1, 0.15) is 17.3 Å². The van der Waals surface area contributed by atoms with Crippen LogP contribution in [0.1, 0.15) is 11.4 Å². The van der Waals surface area contributed by atoms with Crippen LogP contribution >= 0.6 is 0 Å². The summed E-state index contributed by atoms with van der Waals surface area (Å²) >= 11 is 0. The van der Waals surface area contributed by atoms with Crippen molar-refractivity contribution in [1.82, 2.24) is 20.5 Å². The number of carbonyl (C=O) groups excluding carboxylic acids is 1. The van der Waals surface area contributed by atoms with Crippen molar-refractivity contribution in [3.8, 4) is 22.9 Å². The van der Waals surface area contributed by atoms with Gasteiger partial charge in [-0.3, -0.25) is 9.89 Å². The summed E-state index contributed by atoms with van der Waals surface area (Å²) in [5.41, 5.74) is -0.182. The molecule has 1 amide bonds. The van der Waals surface area contributed by atoms with Crippen LogP contribution in [0, 0.1) is 0 Å². The summed E-state index contributed by atoms with van der Waals surface area (Å²) in [6.45, 7) is -0.543. The third-order valence-electron chi connectivity index (χ3n) is 3.88. The molecular formula is C19H17F3N4O3. The molecule has 0 saturated carbocycles. The van der Waals surface area contributed by atoms with Gasteiger partial charge in [0, 0.05) is 5.56 Å². The standard InChI is InChI=1S/C19H17F3N4O3/c1-28-13-8-6-12(7-9-13)18-24-16(25-26-18)10-23-17(27)11-29-15-5-3-2-4-14(15)19(20,21)22/h2-9H,10-11H2,1H3,(H,23,27)(H,24,25,26). The summed E-state index contributed by atoms with van der Waals surface area (Å²) in [5.74, 6) is 0.525. The number of nitrogens with zero attached hydrogens (tertiary/aromatic N) is 2. The summed E-state index contributed by atoms with van der Waals surface area (Å²) in [5, 5.41) is 9.27. The van der Waals surface area contributed by atoms with Crippen molar-refractivity contribution < 1.29 is 27.4 Å². The number of nitrogens with one attached hydrogen (secondary N) is 2. The molecule has 2 aromatic carbocycles. The van der Waals surface area contributed by atoms with Crippen molar-refractivity contribution in [2.45, 2.75) is 12.7 Å². The van der Waals surface area contributed by atoms with Gasteiger partial charge < -0.3 is 14.8 Å². The highest BCUT2D eigenvalue weighted by Crippen LogP contribution is 2.35. The number of rotatable bonds is 7. The lowest BCUT2D eigenvalue weighted by molar-refractivity contribution is -0.139. The van der Waals surface area contributed by atoms with Gasteiger partial charge in [-0.1, -0.05) is 12.1 Å². The van der Waals surface area contributed by atoms with Gasteiger partial charge in [-0.25, -0.2) is 4.98 Å². The average Bonchev–Trinajstić information content (AvgIpc) is 3.19. The molecule has 29 heavy (non-hydrogen) atoms. The minimum absolute atomic E-state index is 0.0201. The molecule has 0 bridgehead atoms. The topological polar surface area (TPSA) is 89.1 Å². The molecule has 7 nitrogen and oxygen atoms in total. The minimum Gasteiger partial charge on any atom is -0.497 e. The fraction of sp³-hybridized carbons (Fsp3) is 0.211. The first-order valence-corrected chi connectivity index (χ1v) is 8.48. The number of aromatic nitrogens is 3. The highest BCUT2D eigenvalue weighted by atomic mass is 19.4. The normalized spacial score (nSPS) is 11.2. The Balaban J connectivity index is 1.53. The molecule has 0 aliphatic carbocycles. The van der Waals surface area contributed by atoms with Crippen molar-refractivity contribution in [3.05, 3.63) is 59.9 Å². The molecule has 10 heteroatoms. The molecule has 1 heterocycles. The number of aromatic amines is 1. The maximum absolute atomic E-state index is 12.9. The first-order valence-electron chi connectivity index (χ1n) is 8.48. The SMILES string of the molecule is COc1ccc(-c2n[nH]c(CNC(=O)COc3ccccc3C(F)(F)F)n2)cc1. The van der Waals surface area contributed by atoms with E-state index in [1.54, 1.807) is 31.4 Å². The van der Waals surface area contributed by atoms with Crippen LogP contribution in [0.15, 0.2) is 48.5 Å². The largest absolute Gasteiger partial charge is 0.497 e. The molecule has 0 saturated heterocycles. The van der Waals surface area contributed by atoms with Gasteiger partial charge in [0.05, 0.1) is 19.2 Å². The summed E-state index contributed by atoms with van der Waals surface area (Å²) in [7, 11) is 1.56. The molecule has 3 rings (SSSR count). The third-order valence-corrected chi connectivity index (χ3v) is 3.88. The number of halogens is 3. The summed E-state index contributed by atoms with van der Waals surface area (Å²) in [6, 6.07) is 11.8. The van der Waals surface area contributed by atoms with E-state index in [2.05, 4.69) is 20.5 Å². The summed E-state index contributed by atoms with van der Waals surface area (Å²) in [6.07, 6.45) is -4.56. The number of para-hydroxylation sites is 1. The minimum atomic E-state index is -4.56. The fourth-order valence-corrected chi connectivity index (χ4v) is 2.45. The molecule has 0 aliphatic rings. The van der Waals surface area contributed by atoms with Crippen LogP contribution in [0.5, 0.6) is 11.5 Å². The molecule has 0 spiro atoms. The lowest BCUT2D eigenvalue weighted by Gasteiger charge is -2.13. The fourth-order valence-electron chi connectivity index (χ4n) is 2.45. The monoisotopic (exact) mass is 406 g/mol. The van der Waals surface area contributed by atoms with Gasteiger partial charge in [0.2, 0.25) is 0 Å². The number of alkyl halides is 3. The quantitative estimate of drug-likeness (QED) is 0.629. The lowest BCUT2D eigenvalue weighted by Crippen LogP contribution is -2.29. The van der Waals surface area contributed by atoms with Crippen molar-refractivity contribution in [2.75, 3.05) is 13.7 Å². The first-order chi connectivity index (χ1) is 13.9. The van der Waals surface area contributed by atoms with E-state index in [1.807, 2.05) is 0 Å². The van der Waals surface area contributed by atoms with Gasteiger partial charge >= 0.3 is 6.18 Å². The number of methoxy groups -OCH3 is 1. The molecule has 1 aromatic heterocycles. The average molecular weight is 406 g/mol. The zero-order valence-electron chi connectivity index (χ0n) is 15.3. The predicted molar refractivity (Wildman–Crippen MR) is 97.2 cm³/mol. The highest BCUT2D eigenvalue weighted by Gasteiger charge is 2.34. The molecule has 0 aliphatic heterocycles. The van der Waals surface area contributed by atoms with Crippen LogP contribution in [0.4, 0.5) is 13.2 Å². The predicted octanol–water partition coefficient (Wildman–Crippen LogP) is 3.19. The first kappa shape index (κ1) is 20.2. The second kappa shape index (κ2) is 8.63. The lowest BCUT2D eigenvalue weighted by atomic mass is 10.2. The van der Waals surface area contributed by atoms with Crippen molar-refractivity contribution in [3.63, 3.8) is 0 Å². The van der Waals surface area contributed by atoms with Gasteiger partial charge in [-0.05, 0) is 36.4 Å². The van der Waals surface area contributed by atoms with Crippen LogP contribution in [0.3, 0.4) is 0 Å². The maximum atomic E-state index is 12.9. The number of benzene rings is 2. The van der Waals surface area contributed by atoms with E-state index in [0.717, 1.165) is 17.7 Å².